The maximum absolute atomic E-state index is 11.5. The molecule has 0 aliphatic rings. The van der Waals surface area contributed by atoms with Gasteiger partial charge in [0, 0.05) is 19.7 Å². The average Bonchev–Trinajstić information content (AvgIpc) is 2.34. The van der Waals surface area contributed by atoms with Crippen molar-refractivity contribution in [1.82, 2.24) is 4.90 Å². The molecule has 0 aliphatic carbocycles. The zero-order valence-electron chi connectivity index (χ0n) is 11.1. The van der Waals surface area contributed by atoms with Crippen molar-refractivity contribution in [2.45, 2.75) is 13.8 Å². The summed E-state index contributed by atoms with van der Waals surface area (Å²) in [6.45, 7) is 3.56. The van der Waals surface area contributed by atoms with Crippen LogP contribution in [0.25, 0.3) is 0 Å². The molecule has 0 radical (unpaired) electrons. The van der Waals surface area contributed by atoms with Gasteiger partial charge in [-0.15, -0.1) is 0 Å². The number of nitrogens with zero attached hydrogens (tertiary/aromatic N) is 2. The molecule has 0 saturated heterocycles. The second-order valence-electron chi connectivity index (χ2n) is 4.26. The first-order valence-corrected chi connectivity index (χ1v) is 5.58. The van der Waals surface area contributed by atoms with Gasteiger partial charge in [-0.25, -0.2) is 0 Å². The third-order valence-electron chi connectivity index (χ3n) is 2.53. The monoisotopic (exact) mass is 250 g/mol. The van der Waals surface area contributed by atoms with Crippen molar-refractivity contribution < 1.29 is 14.7 Å². The average molecular weight is 250 g/mol. The van der Waals surface area contributed by atoms with Gasteiger partial charge in [-0.1, -0.05) is 11.2 Å². The quantitative estimate of drug-likeness (QED) is 0.502. The second kappa shape index (κ2) is 6.05. The van der Waals surface area contributed by atoms with E-state index in [1.807, 2.05) is 19.1 Å². The number of rotatable bonds is 4. The van der Waals surface area contributed by atoms with E-state index in [0.29, 0.717) is 17.0 Å². The zero-order chi connectivity index (χ0) is 13.7. The molecule has 5 heteroatoms. The third kappa shape index (κ3) is 3.48. The predicted molar refractivity (Wildman–Crippen MR) is 69.4 cm³/mol. The maximum Gasteiger partial charge on any atom is 0.259 e. The summed E-state index contributed by atoms with van der Waals surface area (Å²) >= 11 is 0. The van der Waals surface area contributed by atoms with Crippen LogP contribution in [0.4, 0.5) is 0 Å². The number of hydrogen-bond donors (Lipinski definition) is 1. The molecule has 1 amide bonds. The van der Waals surface area contributed by atoms with Crippen molar-refractivity contribution in [3.63, 3.8) is 0 Å². The number of carbonyl (C=O) groups excluding carboxylic acids is 1. The summed E-state index contributed by atoms with van der Waals surface area (Å²) in [6.07, 6.45) is 0. The van der Waals surface area contributed by atoms with E-state index in [4.69, 9.17) is 9.94 Å². The minimum Gasteiger partial charge on any atom is -0.483 e. The van der Waals surface area contributed by atoms with Gasteiger partial charge >= 0.3 is 0 Å². The first kappa shape index (κ1) is 14.0. The van der Waals surface area contributed by atoms with E-state index in [1.165, 1.54) is 4.90 Å². The van der Waals surface area contributed by atoms with Crippen LogP contribution in [0, 0.1) is 6.92 Å². The minimum absolute atomic E-state index is 0.0395. The molecule has 0 unspecified atom stereocenters. The first-order valence-electron chi connectivity index (χ1n) is 5.58. The van der Waals surface area contributed by atoms with Crippen LogP contribution in [-0.4, -0.2) is 42.4 Å². The van der Waals surface area contributed by atoms with Crippen LogP contribution in [0.2, 0.25) is 0 Å². The SMILES string of the molecule is CC(=NO)c1ccc(C)cc1OCC(=O)N(C)C. The predicted octanol–water partition coefficient (Wildman–Crippen LogP) is 1.66. The van der Waals surface area contributed by atoms with Crippen LogP contribution >= 0.6 is 0 Å². The molecule has 0 spiro atoms. The van der Waals surface area contributed by atoms with E-state index in [1.54, 1.807) is 27.1 Å². The molecule has 1 aromatic rings. The number of likely N-dealkylation sites (N-methyl/N-ethyl adjacent to an activating group) is 1. The van der Waals surface area contributed by atoms with Crippen LogP contribution in [-0.2, 0) is 4.79 Å². The lowest BCUT2D eigenvalue weighted by molar-refractivity contribution is -0.130. The Morgan fingerprint density at radius 1 is 1.44 bits per heavy atom. The molecule has 1 N–H and O–H groups in total. The normalized spacial score (nSPS) is 11.2. The number of oxime groups is 1. The van der Waals surface area contributed by atoms with Crippen LogP contribution in [0.3, 0.4) is 0 Å². The van der Waals surface area contributed by atoms with E-state index in [0.717, 1.165) is 5.56 Å². The molecular weight excluding hydrogens is 232 g/mol. The highest BCUT2D eigenvalue weighted by Gasteiger charge is 2.10. The Balaban J connectivity index is 2.93. The Morgan fingerprint density at radius 2 is 2.11 bits per heavy atom. The summed E-state index contributed by atoms with van der Waals surface area (Å²) in [5, 5.41) is 12.0. The van der Waals surface area contributed by atoms with Crippen LogP contribution in [0.1, 0.15) is 18.1 Å². The third-order valence-corrected chi connectivity index (χ3v) is 2.53. The summed E-state index contributed by atoms with van der Waals surface area (Å²) in [4.78, 5) is 12.9. The fourth-order valence-electron chi connectivity index (χ4n) is 1.37. The summed E-state index contributed by atoms with van der Waals surface area (Å²) in [6, 6.07) is 5.51. The van der Waals surface area contributed by atoms with Gasteiger partial charge < -0.3 is 14.8 Å². The minimum atomic E-state index is -0.124. The highest BCUT2D eigenvalue weighted by Crippen LogP contribution is 2.21. The molecule has 0 aliphatic heterocycles. The Labute approximate surface area is 107 Å². The fourth-order valence-corrected chi connectivity index (χ4v) is 1.37. The van der Waals surface area contributed by atoms with Crippen molar-refractivity contribution in [3.05, 3.63) is 29.3 Å². The molecule has 0 aromatic heterocycles. The summed E-state index contributed by atoms with van der Waals surface area (Å²) < 4.78 is 5.48. The van der Waals surface area contributed by atoms with Crippen molar-refractivity contribution in [3.8, 4) is 5.75 Å². The number of ether oxygens (including phenoxy) is 1. The van der Waals surface area contributed by atoms with Gasteiger partial charge in [0.05, 0.1) is 5.71 Å². The van der Waals surface area contributed by atoms with E-state index < -0.39 is 0 Å². The zero-order valence-corrected chi connectivity index (χ0v) is 11.1. The molecule has 98 valence electrons. The Bertz CT molecular complexity index is 467. The highest BCUT2D eigenvalue weighted by molar-refractivity contribution is 6.00. The number of benzene rings is 1. The molecular formula is C13H18N2O3. The smallest absolute Gasteiger partial charge is 0.259 e. The summed E-state index contributed by atoms with van der Waals surface area (Å²) in [7, 11) is 3.34. The summed E-state index contributed by atoms with van der Waals surface area (Å²) in [5.74, 6) is 0.418. The molecule has 0 saturated carbocycles. The van der Waals surface area contributed by atoms with Crippen LogP contribution in [0.5, 0.6) is 5.75 Å². The van der Waals surface area contributed by atoms with Gasteiger partial charge in [0.1, 0.15) is 5.75 Å². The second-order valence-corrected chi connectivity index (χ2v) is 4.26. The van der Waals surface area contributed by atoms with Crippen molar-refractivity contribution in [2.75, 3.05) is 20.7 Å². The largest absolute Gasteiger partial charge is 0.483 e. The first-order chi connectivity index (χ1) is 8.45. The van der Waals surface area contributed by atoms with E-state index >= 15 is 0 Å². The van der Waals surface area contributed by atoms with Crippen molar-refractivity contribution in [1.29, 1.82) is 0 Å². The lowest BCUT2D eigenvalue weighted by Gasteiger charge is -2.14. The van der Waals surface area contributed by atoms with Crippen LogP contribution in [0.15, 0.2) is 23.4 Å². The van der Waals surface area contributed by atoms with E-state index in [-0.39, 0.29) is 12.5 Å². The number of hydrogen-bond acceptors (Lipinski definition) is 4. The standard InChI is InChI=1S/C13H18N2O3/c1-9-5-6-11(10(2)14-17)12(7-9)18-8-13(16)15(3)4/h5-7,17H,8H2,1-4H3. The number of aryl methyl sites for hydroxylation is 1. The number of amides is 1. The number of carbonyl (C=O) groups is 1. The lowest BCUT2D eigenvalue weighted by atomic mass is 10.1. The molecule has 0 fully saturated rings. The molecule has 0 bridgehead atoms. The molecule has 0 atom stereocenters. The van der Waals surface area contributed by atoms with Gasteiger partial charge in [0.25, 0.3) is 5.91 Å². The Hall–Kier alpha value is -2.04. The molecule has 1 rings (SSSR count). The maximum atomic E-state index is 11.5. The summed E-state index contributed by atoms with van der Waals surface area (Å²) in [5.41, 5.74) is 2.13. The van der Waals surface area contributed by atoms with Gasteiger partial charge in [-0.05, 0) is 31.5 Å². The van der Waals surface area contributed by atoms with Crippen LogP contribution < -0.4 is 4.74 Å². The topological polar surface area (TPSA) is 62.1 Å². The molecule has 1 aromatic carbocycles. The van der Waals surface area contributed by atoms with Gasteiger partial charge in [0.2, 0.25) is 0 Å². The molecule has 5 nitrogen and oxygen atoms in total. The molecule has 0 heterocycles. The van der Waals surface area contributed by atoms with Gasteiger partial charge in [-0.3, -0.25) is 4.79 Å². The Morgan fingerprint density at radius 3 is 2.67 bits per heavy atom. The Kier molecular flexibility index (Phi) is 4.71. The molecule has 18 heavy (non-hydrogen) atoms. The lowest BCUT2D eigenvalue weighted by Crippen LogP contribution is -2.27. The van der Waals surface area contributed by atoms with Crippen molar-refractivity contribution in [2.24, 2.45) is 5.16 Å². The van der Waals surface area contributed by atoms with E-state index in [2.05, 4.69) is 5.16 Å². The van der Waals surface area contributed by atoms with E-state index in [9.17, 15) is 4.79 Å². The highest BCUT2D eigenvalue weighted by atomic mass is 16.5. The van der Waals surface area contributed by atoms with Gasteiger partial charge in [-0.2, -0.15) is 0 Å². The van der Waals surface area contributed by atoms with Crippen molar-refractivity contribution >= 4 is 11.6 Å². The van der Waals surface area contributed by atoms with Gasteiger partial charge in [0.15, 0.2) is 6.61 Å². The fraction of sp³-hybridized carbons (Fsp3) is 0.385.